The van der Waals surface area contributed by atoms with Gasteiger partial charge in [-0.05, 0) is 20.0 Å². The molecule has 2 nitrogen and oxygen atoms in total. The number of halogens is 2. The molecule has 0 radical (unpaired) electrons. The highest BCUT2D eigenvalue weighted by atomic mass is 19.3. The van der Waals surface area contributed by atoms with E-state index in [-0.39, 0.29) is 6.54 Å². The van der Waals surface area contributed by atoms with Crippen molar-refractivity contribution < 1.29 is 8.78 Å². The number of hydrogen-bond donors (Lipinski definition) is 1. The van der Waals surface area contributed by atoms with E-state index in [9.17, 15) is 8.78 Å². The Kier molecular flexibility index (Phi) is 10.2. The number of rotatable bonds is 10. The zero-order chi connectivity index (χ0) is 11.5. The monoisotopic (exact) mass is 222 g/mol. The Morgan fingerprint density at radius 2 is 1.87 bits per heavy atom. The van der Waals surface area contributed by atoms with Crippen LogP contribution in [0.1, 0.15) is 32.6 Å². The first kappa shape index (κ1) is 14.8. The lowest BCUT2D eigenvalue weighted by molar-refractivity contribution is 0.101. The summed E-state index contributed by atoms with van der Waals surface area (Å²) in [4.78, 5) is 1.66. The van der Waals surface area contributed by atoms with E-state index in [4.69, 9.17) is 0 Å². The zero-order valence-electron chi connectivity index (χ0n) is 9.94. The molecule has 0 aliphatic carbocycles. The number of nitrogens with zero attached hydrogens (tertiary/aromatic N) is 1. The van der Waals surface area contributed by atoms with Crippen LogP contribution in [0, 0.1) is 0 Å². The van der Waals surface area contributed by atoms with Gasteiger partial charge in [-0.1, -0.05) is 26.2 Å². The molecule has 0 atom stereocenters. The van der Waals surface area contributed by atoms with Gasteiger partial charge in [-0.3, -0.25) is 4.90 Å². The third-order valence-corrected chi connectivity index (χ3v) is 2.33. The molecule has 92 valence electrons. The van der Waals surface area contributed by atoms with Gasteiger partial charge in [-0.25, -0.2) is 8.78 Å². The number of nitrogens with one attached hydrogen (secondary N) is 1. The molecule has 0 amide bonds. The van der Waals surface area contributed by atoms with Crippen molar-refractivity contribution in [3.8, 4) is 0 Å². The fraction of sp³-hybridized carbons (Fsp3) is 1.00. The summed E-state index contributed by atoms with van der Waals surface area (Å²) in [5.74, 6) is 0. The first-order chi connectivity index (χ1) is 7.16. The summed E-state index contributed by atoms with van der Waals surface area (Å²) in [5, 5.41) is 3.26. The van der Waals surface area contributed by atoms with Crippen LogP contribution >= 0.6 is 0 Å². The van der Waals surface area contributed by atoms with Crippen molar-refractivity contribution in [2.75, 3.05) is 33.2 Å². The molecular formula is C11H24F2N2. The average Bonchev–Trinajstić information content (AvgIpc) is 2.15. The first-order valence-electron chi connectivity index (χ1n) is 5.84. The van der Waals surface area contributed by atoms with E-state index in [1.54, 1.807) is 11.9 Å². The third-order valence-electron chi connectivity index (χ3n) is 2.33. The van der Waals surface area contributed by atoms with Crippen LogP contribution in [0.25, 0.3) is 0 Å². The van der Waals surface area contributed by atoms with Gasteiger partial charge in [0, 0.05) is 13.1 Å². The number of unbranched alkanes of at least 4 members (excludes halogenated alkanes) is 3. The SMILES string of the molecule is CCCCCCNCCN(C)CC(F)F. The molecule has 1 N–H and O–H groups in total. The van der Waals surface area contributed by atoms with E-state index in [0.29, 0.717) is 6.54 Å². The fourth-order valence-electron chi connectivity index (χ4n) is 1.40. The molecule has 0 aliphatic rings. The quantitative estimate of drug-likeness (QED) is 0.571. The minimum Gasteiger partial charge on any atom is -0.315 e. The lowest BCUT2D eigenvalue weighted by atomic mass is 10.2. The lowest BCUT2D eigenvalue weighted by Gasteiger charge is -2.15. The molecule has 0 aromatic heterocycles. The van der Waals surface area contributed by atoms with Gasteiger partial charge < -0.3 is 5.32 Å². The summed E-state index contributed by atoms with van der Waals surface area (Å²) in [6.45, 7) is 4.56. The predicted octanol–water partition coefficient (Wildman–Crippen LogP) is 2.35. The van der Waals surface area contributed by atoms with Crippen LogP contribution < -0.4 is 5.32 Å². The molecule has 0 heterocycles. The van der Waals surface area contributed by atoms with Gasteiger partial charge in [0.2, 0.25) is 0 Å². The van der Waals surface area contributed by atoms with E-state index in [1.807, 2.05) is 0 Å². The maximum absolute atomic E-state index is 11.9. The van der Waals surface area contributed by atoms with Crippen LogP contribution in [0.4, 0.5) is 8.78 Å². The second kappa shape index (κ2) is 10.3. The Hall–Kier alpha value is -0.220. The summed E-state index contributed by atoms with van der Waals surface area (Å²) in [6.07, 6.45) is 2.76. The Balaban J connectivity index is 3.09. The average molecular weight is 222 g/mol. The van der Waals surface area contributed by atoms with Gasteiger partial charge in [0.15, 0.2) is 0 Å². The second-order valence-corrected chi connectivity index (χ2v) is 3.96. The van der Waals surface area contributed by atoms with Crippen molar-refractivity contribution >= 4 is 0 Å². The van der Waals surface area contributed by atoms with Gasteiger partial charge in [-0.2, -0.15) is 0 Å². The maximum atomic E-state index is 11.9. The molecule has 0 spiro atoms. The molecule has 0 saturated carbocycles. The summed E-state index contributed by atoms with van der Waals surface area (Å²) in [7, 11) is 1.73. The predicted molar refractivity (Wildman–Crippen MR) is 60.5 cm³/mol. The van der Waals surface area contributed by atoms with E-state index in [0.717, 1.165) is 13.1 Å². The van der Waals surface area contributed by atoms with Crippen LogP contribution in [0.2, 0.25) is 0 Å². The Labute approximate surface area is 92.0 Å². The van der Waals surface area contributed by atoms with Crippen molar-refractivity contribution in [1.29, 1.82) is 0 Å². The van der Waals surface area contributed by atoms with E-state index in [2.05, 4.69) is 12.2 Å². The number of alkyl halides is 2. The highest BCUT2D eigenvalue weighted by Crippen LogP contribution is 1.97. The molecule has 0 aromatic rings. The van der Waals surface area contributed by atoms with E-state index < -0.39 is 6.43 Å². The Morgan fingerprint density at radius 3 is 2.47 bits per heavy atom. The summed E-state index contributed by atoms with van der Waals surface area (Å²) >= 11 is 0. The normalized spacial score (nSPS) is 11.6. The third kappa shape index (κ3) is 11.7. The Morgan fingerprint density at radius 1 is 1.13 bits per heavy atom. The van der Waals surface area contributed by atoms with Crippen LogP contribution in [-0.2, 0) is 0 Å². The standard InChI is InChI=1S/C11H24F2N2/c1-3-4-5-6-7-14-8-9-15(2)10-11(12)13/h11,14H,3-10H2,1-2H3. The molecule has 0 saturated heterocycles. The van der Waals surface area contributed by atoms with Crippen LogP contribution in [0.5, 0.6) is 0 Å². The van der Waals surface area contributed by atoms with Crippen LogP contribution in [0.3, 0.4) is 0 Å². The lowest BCUT2D eigenvalue weighted by Crippen LogP contribution is -2.32. The van der Waals surface area contributed by atoms with E-state index >= 15 is 0 Å². The van der Waals surface area contributed by atoms with Crippen molar-refractivity contribution in [1.82, 2.24) is 10.2 Å². The van der Waals surface area contributed by atoms with Gasteiger partial charge in [0.1, 0.15) is 0 Å². The largest absolute Gasteiger partial charge is 0.315 e. The Bertz CT molecular complexity index is 132. The van der Waals surface area contributed by atoms with Gasteiger partial charge in [-0.15, -0.1) is 0 Å². The van der Waals surface area contributed by atoms with Crippen molar-refractivity contribution in [2.45, 2.75) is 39.0 Å². The molecule has 0 bridgehead atoms. The minimum absolute atomic E-state index is 0.127. The smallest absolute Gasteiger partial charge is 0.251 e. The summed E-state index contributed by atoms with van der Waals surface area (Å²) in [5.41, 5.74) is 0. The van der Waals surface area contributed by atoms with Crippen LogP contribution in [0.15, 0.2) is 0 Å². The summed E-state index contributed by atoms with van der Waals surface area (Å²) < 4.78 is 23.9. The van der Waals surface area contributed by atoms with E-state index in [1.165, 1.54) is 25.7 Å². The highest BCUT2D eigenvalue weighted by Gasteiger charge is 2.06. The molecule has 15 heavy (non-hydrogen) atoms. The molecule has 0 rings (SSSR count). The molecule has 0 aliphatic heterocycles. The molecule has 0 unspecified atom stereocenters. The second-order valence-electron chi connectivity index (χ2n) is 3.96. The zero-order valence-corrected chi connectivity index (χ0v) is 9.94. The fourth-order valence-corrected chi connectivity index (χ4v) is 1.40. The van der Waals surface area contributed by atoms with Gasteiger partial charge in [0.25, 0.3) is 6.43 Å². The molecule has 0 aromatic carbocycles. The van der Waals surface area contributed by atoms with Crippen molar-refractivity contribution in [2.24, 2.45) is 0 Å². The molecule has 0 fully saturated rings. The molecule has 4 heteroatoms. The van der Waals surface area contributed by atoms with Crippen LogP contribution in [-0.4, -0.2) is 44.6 Å². The number of hydrogen-bond acceptors (Lipinski definition) is 2. The van der Waals surface area contributed by atoms with Crippen molar-refractivity contribution in [3.05, 3.63) is 0 Å². The topological polar surface area (TPSA) is 15.3 Å². The summed E-state index contributed by atoms with van der Waals surface area (Å²) in [6, 6.07) is 0. The van der Waals surface area contributed by atoms with Gasteiger partial charge in [0.05, 0.1) is 6.54 Å². The highest BCUT2D eigenvalue weighted by molar-refractivity contribution is 4.56. The first-order valence-corrected chi connectivity index (χ1v) is 5.84. The maximum Gasteiger partial charge on any atom is 0.251 e. The minimum atomic E-state index is -2.22. The van der Waals surface area contributed by atoms with Crippen molar-refractivity contribution in [3.63, 3.8) is 0 Å². The molecular weight excluding hydrogens is 198 g/mol. The van der Waals surface area contributed by atoms with Gasteiger partial charge >= 0.3 is 0 Å². The number of likely N-dealkylation sites (N-methyl/N-ethyl adjacent to an activating group) is 1.